The molecule has 0 saturated carbocycles. The molecule has 0 atom stereocenters. The lowest BCUT2D eigenvalue weighted by Gasteiger charge is -2.26. The molecule has 0 aliphatic carbocycles. The monoisotopic (exact) mass is 265 g/mol. The fourth-order valence-corrected chi connectivity index (χ4v) is 1.92. The minimum absolute atomic E-state index is 0.0210. The summed E-state index contributed by atoms with van der Waals surface area (Å²) in [7, 11) is -3.15. The number of hydrogen-bond donors (Lipinski definition) is 2. The van der Waals surface area contributed by atoms with Gasteiger partial charge < -0.3 is 15.0 Å². The second-order valence-corrected chi connectivity index (χ2v) is 5.67. The van der Waals surface area contributed by atoms with E-state index in [2.05, 4.69) is 10.0 Å². The lowest BCUT2D eigenvalue weighted by Crippen LogP contribution is -2.45. The molecule has 0 aromatic heterocycles. The first-order valence-corrected chi connectivity index (χ1v) is 7.39. The number of ether oxygens (including phenoxy) is 1. The predicted octanol–water partition coefficient (Wildman–Crippen LogP) is -2.02. The molecule has 1 amide bonds. The molecule has 0 aromatic carbocycles. The van der Waals surface area contributed by atoms with Crippen molar-refractivity contribution in [2.24, 2.45) is 0 Å². The maximum absolute atomic E-state index is 11.6. The van der Waals surface area contributed by atoms with Crippen LogP contribution >= 0.6 is 0 Å². The van der Waals surface area contributed by atoms with Crippen molar-refractivity contribution in [1.82, 2.24) is 14.9 Å². The van der Waals surface area contributed by atoms with Crippen molar-refractivity contribution in [3.05, 3.63) is 0 Å². The minimum atomic E-state index is -3.15. The van der Waals surface area contributed by atoms with Gasteiger partial charge in [0.25, 0.3) is 0 Å². The largest absolute Gasteiger partial charge is 0.378 e. The van der Waals surface area contributed by atoms with Crippen LogP contribution in [0.1, 0.15) is 0 Å². The second kappa shape index (κ2) is 6.90. The minimum Gasteiger partial charge on any atom is -0.378 e. The Balaban J connectivity index is 2.07. The molecule has 1 fully saturated rings. The van der Waals surface area contributed by atoms with E-state index in [0.29, 0.717) is 32.8 Å². The van der Waals surface area contributed by atoms with E-state index in [4.69, 9.17) is 4.74 Å². The Morgan fingerprint density at radius 3 is 2.53 bits per heavy atom. The molecule has 7 nitrogen and oxygen atoms in total. The van der Waals surface area contributed by atoms with E-state index in [0.717, 1.165) is 6.26 Å². The molecule has 1 aliphatic heterocycles. The quantitative estimate of drug-likeness (QED) is 0.542. The Morgan fingerprint density at radius 1 is 1.29 bits per heavy atom. The Morgan fingerprint density at radius 2 is 1.94 bits per heavy atom. The molecule has 1 heterocycles. The number of amides is 1. The van der Waals surface area contributed by atoms with Gasteiger partial charge in [-0.2, -0.15) is 0 Å². The van der Waals surface area contributed by atoms with Crippen molar-refractivity contribution < 1.29 is 17.9 Å². The zero-order chi connectivity index (χ0) is 12.7. The molecule has 1 saturated heterocycles. The lowest BCUT2D eigenvalue weighted by atomic mass is 10.4. The highest BCUT2D eigenvalue weighted by atomic mass is 32.2. The molecule has 0 bridgehead atoms. The Hall–Kier alpha value is -0.700. The Kier molecular flexibility index (Phi) is 5.83. The number of sulfonamides is 1. The van der Waals surface area contributed by atoms with Crippen LogP contribution in [0, 0.1) is 0 Å². The van der Waals surface area contributed by atoms with Crippen LogP contribution in [0.3, 0.4) is 0 Å². The number of carbonyl (C=O) groups excluding carboxylic acids is 1. The highest BCUT2D eigenvalue weighted by molar-refractivity contribution is 7.88. The van der Waals surface area contributed by atoms with E-state index in [9.17, 15) is 13.2 Å². The summed E-state index contributed by atoms with van der Waals surface area (Å²) >= 11 is 0. The fraction of sp³-hybridized carbons (Fsp3) is 0.889. The third-order valence-electron chi connectivity index (χ3n) is 2.31. The Bertz CT molecular complexity index is 338. The fourth-order valence-electron chi connectivity index (χ4n) is 1.44. The van der Waals surface area contributed by atoms with Crippen molar-refractivity contribution in [3.63, 3.8) is 0 Å². The van der Waals surface area contributed by atoms with Crippen molar-refractivity contribution in [3.8, 4) is 0 Å². The normalized spacial score (nSPS) is 17.1. The zero-order valence-electron chi connectivity index (χ0n) is 9.94. The third-order valence-corrected chi connectivity index (χ3v) is 3.03. The smallest absolute Gasteiger partial charge is 0.236 e. The highest BCUT2D eigenvalue weighted by Crippen LogP contribution is 1.96. The molecule has 17 heavy (non-hydrogen) atoms. The summed E-state index contributed by atoms with van der Waals surface area (Å²) in [5.74, 6) is 0.0210. The summed E-state index contributed by atoms with van der Waals surface area (Å²) in [4.78, 5) is 13.4. The van der Waals surface area contributed by atoms with Crippen molar-refractivity contribution in [2.75, 3.05) is 52.2 Å². The molecule has 2 N–H and O–H groups in total. The van der Waals surface area contributed by atoms with Gasteiger partial charge in [0.05, 0.1) is 26.0 Å². The first-order chi connectivity index (χ1) is 7.99. The number of nitrogens with one attached hydrogen (secondary N) is 2. The lowest BCUT2D eigenvalue weighted by molar-refractivity contribution is -0.134. The maximum atomic E-state index is 11.6. The van der Waals surface area contributed by atoms with Gasteiger partial charge in [0, 0.05) is 26.2 Å². The van der Waals surface area contributed by atoms with E-state index >= 15 is 0 Å². The van der Waals surface area contributed by atoms with Crippen LogP contribution in [0.4, 0.5) is 0 Å². The zero-order valence-corrected chi connectivity index (χ0v) is 10.8. The second-order valence-electron chi connectivity index (χ2n) is 3.84. The molecule has 0 spiro atoms. The molecular formula is C9H19N3O4S. The molecule has 1 rings (SSSR count). The summed E-state index contributed by atoms with van der Waals surface area (Å²) in [6, 6.07) is 0. The average Bonchev–Trinajstić information content (AvgIpc) is 2.28. The van der Waals surface area contributed by atoms with Gasteiger partial charge in [0.1, 0.15) is 0 Å². The maximum Gasteiger partial charge on any atom is 0.236 e. The molecule has 0 aromatic rings. The molecule has 1 aliphatic rings. The first-order valence-electron chi connectivity index (χ1n) is 5.50. The van der Waals surface area contributed by atoms with Gasteiger partial charge in [0.15, 0.2) is 0 Å². The van der Waals surface area contributed by atoms with E-state index < -0.39 is 10.0 Å². The molecule has 0 unspecified atom stereocenters. The average molecular weight is 265 g/mol. The third kappa shape index (κ3) is 6.57. The van der Waals surface area contributed by atoms with Crippen LogP contribution in [0.15, 0.2) is 0 Å². The van der Waals surface area contributed by atoms with Crippen molar-refractivity contribution >= 4 is 15.9 Å². The van der Waals surface area contributed by atoms with Crippen LogP contribution < -0.4 is 10.0 Å². The topological polar surface area (TPSA) is 87.7 Å². The number of carbonyl (C=O) groups is 1. The van der Waals surface area contributed by atoms with Crippen LogP contribution in [-0.4, -0.2) is 71.4 Å². The standard InChI is InChI=1S/C9H19N3O4S/c1-17(14,15)11-3-2-10-8-9(13)12-4-6-16-7-5-12/h10-11H,2-8H2,1H3. The van der Waals surface area contributed by atoms with Gasteiger partial charge in [0.2, 0.25) is 15.9 Å². The number of hydrogen-bond acceptors (Lipinski definition) is 5. The SMILES string of the molecule is CS(=O)(=O)NCCNCC(=O)N1CCOCC1. The van der Waals surface area contributed by atoms with E-state index in [1.54, 1.807) is 4.90 Å². The first kappa shape index (κ1) is 14.4. The number of nitrogens with zero attached hydrogens (tertiary/aromatic N) is 1. The number of rotatable bonds is 6. The molecule has 0 radical (unpaired) electrons. The summed E-state index contributed by atoms with van der Waals surface area (Å²) in [5, 5.41) is 2.90. The van der Waals surface area contributed by atoms with Crippen LogP contribution in [0.5, 0.6) is 0 Å². The summed E-state index contributed by atoms with van der Waals surface area (Å²) in [6.45, 7) is 3.37. The Labute approximate surface area is 102 Å². The molecule has 100 valence electrons. The van der Waals surface area contributed by atoms with Gasteiger partial charge in [-0.15, -0.1) is 0 Å². The highest BCUT2D eigenvalue weighted by Gasteiger charge is 2.15. The predicted molar refractivity (Wildman–Crippen MR) is 63.1 cm³/mol. The van der Waals surface area contributed by atoms with Gasteiger partial charge >= 0.3 is 0 Å². The summed E-state index contributed by atoms with van der Waals surface area (Å²) < 4.78 is 29.0. The summed E-state index contributed by atoms with van der Waals surface area (Å²) in [5.41, 5.74) is 0. The van der Waals surface area contributed by atoms with E-state index in [1.165, 1.54) is 0 Å². The van der Waals surface area contributed by atoms with Crippen molar-refractivity contribution in [1.29, 1.82) is 0 Å². The number of morpholine rings is 1. The van der Waals surface area contributed by atoms with E-state index in [-0.39, 0.29) is 19.0 Å². The van der Waals surface area contributed by atoms with E-state index in [1.807, 2.05) is 0 Å². The van der Waals surface area contributed by atoms with Gasteiger partial charge in [-0.25, -0.2) is 13.1 Å². The van der Waals surface area contributed by atoms with Gasteiger partial charge in [-0.3, -0.25) is 4.79 Å². The van der Waals surface area contributed by atoms with Crippen LogP contribution in [-0.2, 0) is 19.6 Å². The molecule has 8 heteroatoms. The van der Waals surface area contributed by atoms with Gasteiger partial charge in [-0.05, 0) is 0 Å². The van der Waals surface area contributed by atoms with Crippen LogP contribution in [0.2, 0.25) is 0 Å². The summed E-state index contributed by atoms with van der Waals surface area (Å²) in [6.07, 6.45) is 1.10. The van der Waals surface area contributed by atoms with Crippen molar-refractivity contribution in [2.45, 2.75) is 0 Å². The van der Waals surface area contributed by atoms with Crippen LogP contribution in [0.25, 0.3) is 0 Å². The molecular weight excluding hydrogens is 246 g/mol. The van der Waals surface area contributed by atoms with Gasteiger partial charge in [-0.1, -0.05) is 0 Å².